The predicted molar refractivity (Wildman–Crippen MR) is 118 cm³/mol. The van der Waals surface area contributed by atoms with Crippen molar-refractivity contribution >= 4 is 12.0 Å². The fourth-order valence-electron chi connectivity index (χ4n) is 3.59. The number of primary amides is 1. The molecule has 1 aliphatic heterocycles. The van der Waals surface area contributed by atoms with E-state index in [9.17, 15) is 9.59 Å². The van der Waals surface area contributed by atoms with Crippen LogP contribution in [0.25, 0.3) is 11.3 Å². The normalized spacial score (nSPS) is 15.2. The van der Waals surface area contributed by atoms with Crippen LogP contribution in [0.3, 0.4) is 0 Å². The predicted octanol–water partition coefficient (Wildman–Crippen LogP) is 3.07. The molecule has 0 spiro atoms. The van der Waals surface area contributed by atoms with Crippen LogP contribution in [0.15, 0.2) is 36.7 Å². The van der Waals surface area contributed by atoms with E-state index >= 15 is 0 Å². The lowest BCUT2D eigenvalue weighted by molar-refractivity contribution is 0.0152. The molecule has 2 heterocycles. The van der Waals surface area contributed by atoms with Crippen LogP contribution in [0.5, 0.6) is 0 Å². The van der Waals surface area contributed by atoms with Crippen LogP contribution in [-0.4, -0.2) is 63.5 Å². The first-order valence-electron chi connectivity index (χ1n) is 10.5. The highest BCUT2D eigenvalue weighted by molar-refractivity contribution is 5.93. The summed E-state index contributed by atoms with van der Waals surface area (Å²) in [7, 11) is 2.08. The molecule has 31 heavy (non-hydrogen) atoms. The summed E-state index contributed by atoms with van der Waals surface area (Å²) in [6.45, 7) is 7.71. The summed E-state index contributed by atoms with van der Waals surface area (Å²) >= 11 is 0. The Hall–Kier alpha value is -3.00. The Bertz CT molecular complexity index is 898. The number of carbonyl (C=O) groups excluding carboxylic acids is 2. The van der Waals surface area contributed by atoms with Gasteiger partial charge in [-0.25, -0.2) is 4.79 Å². The van der Waals surface area contributed by atoms with Crippen LogP contribution >= 0.6 is 0 Å². The number of hydrogen-bond acceptors (Lipinski definition) is 6. The van der Waals surface area contributed by atoms with Crippen molar-refractivity contribution in [2.45, 2.75) is 51.8 Å². The number of aromatic nitrogens is 2. The number of likely N-dealkylation sites (tertiary alicyclic amines) is 1. The summed E-state index contributed by atoms with van der Waals surface area (Å²) in [5.41, 5.74) is 7.78. The number of nitrogens with zero attached hydrogens (tertiary/aromatic N) is 4. The van der Waals surface area contributed by atoms with Gasteiger partial charge < -0.3 is 15.4 Å². The molecule has 1 fully saturated rings. The first kappa shape index (κ1) is 22.7. The van der Waals surface area contributed by atoms with Gasteiger partial charge in [0.2, 0.25) is 5.91 Å². The number of rotatable bonds is 5. The molecule has 0 atom stereocenters. The van der Waals surface area contributed by atoms with Gasteiger partial charge in [0.1, 0.15) is 5.60 Å². The average molecular weight is 426 g/mol. The summed E-state index contributed by atoms with van der Waals surface area (Å²) in [6, 6.07) is 7.37. The lowest BCUT2D eigenvalue weighted by atomic mass is 10.0. The molecule has 2 N–H and O–H groups in total. The van der Waals surface area contributed by atoms with Crippen molar-refractivity contribution < 1.29 is 14.3 Å². The largest absolute Gasteiger partial charge is 0.444 e. The average Bonchev–Trinajstić information content (AvgIpc) is 2.73. The monoisotopic (exact) mass is 425 g/mol. The lowest BCUT2D eigenvalue weighted by Gasteiger charge is -2.37. The number of carbonyl (C=O) groups is 2. The Morgan fingerprint density at radius 1 is 1.13 bits per heavy atom. The molecule has 0 bridgehead atoms. The van der Waals surface area contributed by atoms with E-state index in [0.29, 0.717) is 31.2 Å². The van der Waals surface area contributed by atoms with Gasteiger partial charge in [-0.2, -0.15) is 0 Å². The maximum absolute atomic E-state index is 12.2. The molecular weight excluding hydrogens is 394 g/mol. The smallest absolute Gasteiger partial charge is 0.410 e. The molecule has 2 amide bonds. The third kappa shape index (κ3) is 6.24. The molecule has 0 radical (unpaired) electrons. The molecule has 0 saturated carbocycles. The Labute approximate surface area is 183 Å². The zero-order valence-electron chi connectivity index (χ0n) is 18.7. The second-order valence-electron chi connectivity index (χ2n) is 8.95. The third-order valence-corrected chi connectivity index (χ3v) is 5.32. The van der Waals surface area contributed by atoms with Gasteiger partial charge in [0.05, 0.1) is 23.8 Å². The summed E-state index contributed by atoms with van der Waals surface area (Å²) < 4.78 is 5.47. The van der Waals surface area contributed by atoms with Crippen molar-refractivity contribution in [1.82, 2.24) is 19.8 Å². The topological polar surface area (TPSA) is 102 Å². The number of amides is 2. The van der Waals surface area contributed by atoms with Crippen molar-refractivity contribution in [3.05, 3.63) is 47.9 Å². The first-order valence-corrected chi connectivity index (χ1v) is 10.5. The van der Waals surface area contributed by atoms with Crippen molar-refractivity contribution in [3.8, 4) is 11.3 Å². The van der Waals surface area contributed by atoms with Gasteiger partial charge >= 0.3 is 6.09 Å². The molecule has 8 nitrogen and oxygen atoms in total. The molecule has 1 aliphatic rings. The molecule has 1 aromatic heterocycles. The standard InChI is InChI=1S/C23H31N5O3/c1-23(2,3)31-22(30)28-11-9-19(10-12-28)27(4)15-18-13-26-20(14-25-18)16-5-7-17(8-6-16)21(24)29/h5-8,13-14,19H,9-12,15H2,1-4H3,(H2,24,29). The van der Waals surface area contributed by atoms with E-state index in [4.69, 9.17) is 10.5 Å². The molecule has 166 valence electrons. The van der Waals surface area contributed by atoms with E-state index in [1.165, 1.54) is 0 Å². The fraction of sp³-hybridized carbons (Fsp3) is 0.478. The van der Waals surface area contributed by atoms with E-state index in [1.54, 1.807) is 29.4 Å². The SMILES string of the molecule is CN(Cc1cnc(-c2ccc(C(N)=O)cc2)cn1)C1CCN(C(=O)OC(C)(C)C)CC1. The molecule has 3 rings (SSSR count). The van der Waals surface area contributed by atoms with Gasteiger partial charge in [-0.3, -0.25) is 19.7 Å². The number of hydrogen-bond donors (Lipinski definition) is 1. The van der Waals surface area contributed by atoms with Gasteiger partial charge in [0, 0.05) is 36.8 Å². The summed E-state index contributed by atoms with van der Waals surface area (Å²) in [4.78, 5) is 36.5. The van der Waals surface area contributed by atoms with Crippen LogP contribution in [-0.2, 0) is 11.3 Å². The number of benzene rings is 1. The van der Waals surface area contributed by atoms with Crippen LogP contribution in [0.4, 0.5) is 4.79 Å². The maximum Gasteiger partial charge on any atom is 0.410 e. The van der Waals surface area contributed by atoms with E-state index < -0.39 is 11.5 Å². The molecule has 0 unspecified atom stereocenters. The van der Waals surface area contributed by atoms with Crippen molar-refractivity contribution in [2.75, 3.05) is 20.1 Å². The third-order valence-electron chi connectivity index (χ3n) is 5.32. The minimum atomic E-state index is -0.473. The van der Waals surface area contributed by atoms with Gasteiger partial charge in [-0.15, -0.1) is 0 Å². The summed E-state index contributed by atoms with van der Waals surface area (Å²) in [6.07, 6.45) is 5.08. The maximum atomic E-state index is 12.2. The lowest BCUT2D eigenvalue weighted by Crippen LogP contribution is -2.46. The van der Waals surface area contributed by atoms with E-state index in [1.807, 2.05) is 32.9 Å². The second-order valence-corrected chi connectivity index (χ2v) is 8.95. The zero-order chi connectivity index (χ0) is 22.6. The molecule has 1 aromatic carbocycles. The quantitative estimate of drug-likeness (QED) is 0.790. The van der Waals surface area contributed by atoms with Gasteiger partial charge in [0.25, 0.3) is 0 Å². The molecule has 0 aliphatic carbocycles. The minimum Gasteiger partial charge on any atom is -0.444 e. The number of piperidine rings is 1. The Balaban J connectivity index is 1.52. The Kier molecular flexibility index (Phi) is 6.90. The van der Waals surface area contributed by atoms with Crippen LogP contribution in [0.1, 0.15) is 49.7 Å². The zero-order valence-corrected chi connectivity index (χ0v) is 18.7. The van der Waals surface area contributed by atoms with Crippen LogP contribution < -0.4 is 5.73 Å². The fourth-order valence-corrected chi connectivity index (χ4v) is 3.59. The van der Waals surface area contributed by atoms with Crippen LogP contribution in [0.2, 0.25) is 0 Å². The highest BCUT2D eigenvalue weighted by Gasteiger charge is 2.28. The van der Waals surface area contributed by atoms with Crippen LogP contribution in [0, 0.1) is 0 Å². The van der Waals surface area contributed by atoms with E-state index in [0.717, 1.165) is 29.8 Å². The highest BCUT2D eigenvalue weighted by atomic mass is 16.6. The first-order chi connectivity index (χ1) is 14.6. The van der Waals surface area contributed by atoms with Crippen molar-refractivity contribution in [3.63, 3.8) is 0 Å². The molecule has 1 saturated heterocycles. The van der Waals surface area contributed by atoms with Crippen molar-refractivity contribution in [1.29, 1.82) is 0 Å². The summed E-state index contributed by atoms with van der Waals surface area (Å²) in [5.74, 6) is -0.451. The Morgan fingerprint density at radius 3 is 2.29 bits per heavy atom. The molecule has 2 aromatic rings. The Morgan fingerprint density at radius 2 is 1.77 bits per heavy atom. The highest BCUT2D eigenvalue weighted by Crippen LogP contribution is 2.20. The van der Waals surface area contributed by atoms with Gasteiger partial charge in [-0.1, -0.05) is 12.1 Å². The van der Waals surface area contributed by atoms with E-state index in [-0.39, 0.29) is 6.09 Å². The van der Waals surface area contributed by atoms with Gasteiger partial charge in [-0.05, 0) is 52.8 Å². The second kappa shape index (κ2) is 9.43. The molecule has 8 heteroatoms. The minimum absolute atomic E-state index is 0.237. The number of ether oxygens (including phenoxy) is 1. The molecular formula is C23H31N5O3. The van der Waals surface area contributed by atoms with Crippen molar-refractivity contribution in [2.24, 2.45) is 5.73 Å². The number of nitrogens with two attached hydrogens (primary N) is 1. The van der Waals surface area contributed by atoms with Gasteiger partial charge in [0.15, 0.2) is 0 Å². The van der Waals surface area contributed by atoms with E-state index in [2.05, 4.69) is 21.9 Å². The summed E-state index contributed by atoms with van der Waals surface area (Å²) in [5, 5.41) is 0.